The van der Waals surface area contributed by atoms with E-state index in [-0.39, 0.29) is 47.8 Å². The second-order valence-electron chi connectivity index (χ2n) is 6.69. The summed E-state index contributed by atoms with van der Waals surface area (Å²) in [5, 5.41) is 6.40. The Hall–Kier alpha value is -1.64. The molecular formula is C17H25ClN4O3S. The van der Waals surface area contributed by atoms with Gasteiger partial charge in [0, 0.05) is 24.1 Å². The molecule has 1 amide bonds. The minimum absolute atomic E-state index is 0. The molecule has 1 fully saturated rings. The number of benzene rings is 1. The van der Waals surface area contributed by atoms with Crippen LogP contribution in [-0.4, -0.2) is 44.8 Å². The van der Waals surface area contributed by atoms with Crippen molar-refractivity contribution in [3.63, 3.8) is 0 Å². The first kappa shape index (κ1) is 20.7. The largest absolute Gasteiger partial charge is 0.352 e. The molecule has 1 aromatic rings. The van der Waals surface area contributed by atoms with Crippen LogP contribution in [0, 0.1) is 0 Å². The molecular weight excluding hydrogens is 376 g/mol. The van der Waals surface area contributed by atoms with Crippen molar-refractivity contribution in [2.75, 3.05) is 6.54 Å². The summed E-state index contributed by atoms with van der Waals surface area (Å²) in [5.74, 6) is 0.246. The molecule has 2 aliphatic rings. The third-order valence-corrected chi connectivity index (χ3v) is 6.00. The number of aliphatic imine (C=N–C) groups is 1. The van der Waals surface area contributed by atoms with Crippen molar-refractivity contribution in [1.82, 2.24) is 15.4 Å². The van der Waals surface area contributed by atoms with E-state index in [1.54, 1.807) is 24.3 Å². The Morgan fingerprint density at radius 1 is 1.38 bits per heavy atom. The number of hydrogen-bond donors (Lipinski definition) is 3. The fourth-order valence-electron chi connectivity index (χ4n) is 3.27. The number of nitrogens with one attached hydrogen (secondary N) is 3. The fraction of sp³-hybridized carbons (Fsp3) is 0.529. The van der Waals surface area contributed by atoms with Crippen LogP contribution in [0.3, 0.4) is 0 Å². The van der Waals surface area contributed by atoms with Crippen molar-refractivity contribution in [3.05, 3.63) is 29.8 Å². The van der Waals surface area contributed by atoms with E-state index in [0.29, 0.717) is 11.4 Å². The first-order valence-electron chi connectivity index (χ1n) is 8.59. The summed E-state index contributed by atoms with van der Waals surface area (Å²) < 4.78 is 26.6. The minimum atomic E-state index is -3.55. The molecule has 0 spiro atoms. The summed E-state index contributed by atoms with van der Waals surface area (Å²) in [6.07, 6.45) is 2.23. The molecule has 144 valence electrons. The van der Waals surface area contributed by atoms with Gasteiger partial charge in [0.05, 0.1) is 10.9 Å². The lowest BCUT2D eigenvalue weighted by Gasteiger charge is -2.30. The second kappa shape index (κ2) is 8.37. The van der Waals surface area contributed by atoms with Gasteiger partial charge >= 0.3 is 0 Å². The number of rotatable bonds is 4. The molecule has 3 N–H and O–H groups in total. The summed E-state index contributed by atoms with van der Waals surface area (Å²) in [7, 11) is -3.55. The van der Waals surface area contributed by atoms with Crippen LogP contribution < -0.4 is 15.4 Å². The molecule has 3 atom stereocenters. The van der Waals surface area contributed by atoms with Crippen LogP contribution in [0.25, 0.3) is 0 Å². The van der Waals surface area contributed by atoms with Crippen LogP contribution in [-0.2, 0) is 14.8 Å². The van der Waals surface area contributed by atoms with Crippen LogP contribution >= 0.6 is 12.4 Å². The Balaban J connectivity index is 0.00000243. The molecule has 0 saturated carbocycles. The molecule has 3 unspecified atom stereocenters. The van der Waals surface area contributed by atoms with Crippen LogP contribution in [0.2, 0.25) is 0 Å². The van der Waals surface area contributed by atoms with Crippen molar-refractivity contribution in [3.8, 4) is 0 Å². The number of hydrogen-bond acceptors (Lipinski definition) is 5. The third-order valence-electron chi connectivity index (χ3n) is 4.60. The molecule has 7 nitrogen and oxygen atoms in total. The zero-order valence-electron chi connectivity index (χ0n) is 14.9. The molecule has 0 radical (unpaired) electrons. The second-order valence-corrected chi connectivity index (χ2v) is 8.34. The van der Waals surface area contributed by atoms with Gasteiger partial charge in [-0.05, 0) is 45.4 Å². The van der Waals surface area contributed by atoms with Crippen LogP contribution in [0.4, 0.5) is 0 Å². The third kappa shape index (κ3) is 4.55. The summed E-state index contributed by atoms with van der Waals surface area (Å²) in [4.78, 5) is 16.9. The minimum Gasteiger partial charge on any atom is -0.352 e. The highest BCUT2D eigenvalue weighted by Gasteiger charge is 2.30. The molecule has 0 aromatic heterocycles. The summed E-state index contributed by atoms with van der Waals surface area (Å²) in [6.45, 7) is 4.86. The normalized spacial score (nSPS) is 26.3. The number of carbonyl (C=O) groups is 1. The summed E-state index contributed by atoms with van der Waals surface area (Å²) in [5.41, 5.74) is 0.555. The average molecular weight is 401 g/mol. The quantitative estimate of drug-likeness (QED) is 0.706. The van der Waals surface area contributed by atoms with E-state index in [2.05, 4.69) is 27.3 Å². The molecule has 9 heteroatoms. The number of amidine groups is 1. The molecule has 0 aliphatic carbocycles. The summed E-state index contributed by atoms with van der Waals surface area (Å²) >= 11 is 0. The van der Waals surface area contributed by atoms with Crippen molar-refractivity contribution in [2.45, 2.75) is 56.1 Å². The van der Waals surface area contributed by atoms with Crippen molar-refractivity contribution in [1.29, 1.82) is 0 Å². The predicted octanol–water partition coefficient (Wildman–Crippen LogP) is 1.18. The number of sulfonamides is 1. The SMILES string of the molecule is CC(CC(=O)NC1CCCNC1C)N=C1NS(=O)(=O)c2ccccc21.Cl. The van der Waals surface area contributed by atoms with Gasteiger partial charge in [-0.15, -0.1) is 12.4 Å². The first-order valence-corrected chi connectivity index (χ1v) is 10.1. The maximum atomic E-state index is 12.3. The van der Waals surface area contributed by atoms with Crippen molar-refractivity contribution < 1.29 is 13.2 Å². The van der Waals surface area contributed by atoms with Crippen molar-refractivity contribution in [2.24, 2.45) is 4.99 Å². The predicted molar refractivity (Wildman–Crippen MR) is 103 cm³/mol. The van der Waals surface area contributed by atoms with E-state index in [0.717, 1.165) is 19.4 Å². The molecule has 3 rings (SSSR count). The Morgan fingerprint density at radius 3 is 2.85 bits per heavy atom. The van der Waals surface area contributed by atoms with Crippen molar-refractivity contribution >= 4 is 34.2 Å². The van der Waals surface area contributed by atoms with Gasteiger partial charge in [-0.25, -0.2) is 8.42 Å². The standard InChI is InChI=1S/C17H24N4O3S.ClH/c1-11(10-16(22)20-14-7-5-9-18-12(14)2)19-17-13-6-3-4-8-15(13)25(23,24)21-17;/h3-4,6,8,11-12,14,18H,5,7,9-10H2,1-2H3,(H,19,21)(H,20,22);1H. The molecule has 1 saturated heterocycles. The highest BCUT2D eigenvalue weighted by Crippen LogP contribution is 2.22. The smallest absolute Gasteiger partial charge is 0.263 e. The van der Waals surface area contributed by atoms with Gasteiger partial charge in [-0.3, -0.25) is 14.5 Å². The number of amides is 1. The molecule has 1 aromatic carbocycles. The van der Waals surface area contributed by atoms with Gasteiger partial charge in [0.15, 0.2) is 0 Å². The maximum Gasteiger partial charge on any atom is 0.263 e. The topological polar surface area (TPSA) is 99.7 Å². The first-order chi connectivity index (χ1) is 11.9. The highest BCUT2D eigenvalue weighted by molar-refractivity contribution is 7.90. The van der Waals surface area contributed by atoms with E-state index >= 15 is 0 Å². The van der Waals surface area contributed by atoms with E-state index in [1.807, 2.05) is 6.92 Å². The van der Waals surface area contributed by atoms with Crippen LogP contribution in [0.15, 0.2) is 34.2 Å². The molecule has 2 heterocycles. The zero-order valence-corrected chi connectivity index (χ0v) is 16.5. The van der Waals surface area contributed by atoms with Crippen LogP contribution in [0.5, 0.6) is 0 Å². The number of nitrogens with zero attached hydrogens (tertiary/aromatic N) is 1. The number of halogens is 1. The van der Waals surface area contributed by atoms with Crippen LogP contribution in [0.1, 0.15) is 38.7 Å². The lowest BCUT2D eigenvalue weighted by atomic mass is 9.99. The van der Waals surface area contributed by atoms with E-state index in [4.69, 9.17) is 0 Å². The lowest BCUT2D eigenvalue weighted by molar-refractivity contribution is -0.122. The average Bonchev–Trinajstić information content (AvgIpc) is 2.80. The fourth-order valence-corrected chi connectivity index (χ4v) is 4.51. The number of carbonyl (C=O) groups excluding carboxylic acids is 1. The Labute approximate surface area is 160 Å². The van der Waals surface area contributed by atoms with Gasteiger partial charge in [-0.1, -0.05) is 12.1 Å². The Kier molecular flexibility index (Phi) is 6.65. The number of fused-ring (bicyclic) bond motifs is 1. The monoisotopic (exact) mass is 400 g/mol. The molecule has 2 aliphatic heterocycles. The zero-order chi connectivity index (χ0) is 18.0. The molecule has 26 heavy (non-hydrogen) atoms. The number of piperidine rings is 1. The molecule has 0 bridgehead atoms. The van der Waals surface area contributed by atoms with Gasteiger partial charge in [-0.2, -0.15) is 0 Å². The lowest BCUT2D eigenvalue weighted by Crippen LogP contribution is -2.52. The Morgan fingerprint density at radius 2 is 2.12 bits per heavy atom. The highest BCUT2D eigenvalue weighted by atomic mass is 35.5. The van der Waals surface area contributed by atoms with E-state index in [9.17, 15) is 13.2 Å². The van der Waals surface area contributed by atoms with Gasteiger partial charge in [0.2, 0.25) is 5.91 Å². The Bertz CT molecular complexity index is 797. The maximum absolute atomic E-state index is 12.3. The van der Waals surface area contributed by atoms with Gasteiger partial charge in [0.1, 0.15) is 5.84 Å². The van der Waals surface area contributed by atoms with Gasteiger partial charge in [0.25, 0.3) is 10.0 Å². The van der Waals surface area contributed by atoms with Gasteiger partial charge < -0.3 is 10.6 Å². The van der Waals surface area contributed by atoms with E-state index in [1.165, 1.54) is 0 Å². The van der Waals surface area contributed by atoms with E-state index < -0.39 is 10.0 Å². The summed E-state index contributed by atoms with van der Waals surface area (Å²) in [6, 6.07) is 6.78.